The first-order chi connectivity index (χ1) is 7.07. The fraction of sp³-hybridized carbons (Fsp3) is 0.583. The molecule has 0 aromatic carbocycles. The fourth-order valence-corrected chi connectivity index (χ4v) is 2.29. The van der Waals surface area contributed by atoms with Crippen molar-refractivity contribution in [1.82, 2.24) is 10.3 Å². The molecule has 0 fully saturated rings. The summed E-state index contributed by atoms with van der Waals surface area (Å²) in [6.45, 7) is 6.62. The Labute approximate surface area is 97.1 Å². The molecule has 0 saturated carbocycles. The van der Waals surface area contributed by atoms with Gasteiger partial charge in [0.15, 0.2) is 0 Å². The Morgan fingerprint density at radius 3 is 2.47 bits per heavy atom. The standard InChI is InChI=1S/C12H19ClN2/c1-8(2)12(9(3)14-4)10-5-6-15-7-11(10)13/h5-9,12,14H,1-4H3. The number of pyridine rings is 1. The van der Waals surface area contributed by atoms with E-state index in [-0.39, 0.29) is 0 Å². The van der Waals surface area contributed by atoms with Crippen molar-refractivity contribution in [3.8, 4) is 0 Å². The molecule has 1 heterocycles. The van der Waals surface area contributed by atoms with Crippen LogP contribution in [0.2, 0.25) is 5.02 Å². The number of nitrogens with one attached hydrogen (secondary N) is 1. The number of nitrogens with zero attached hydrogens (tertiary/aromatic N) is 1. The van der Waals surface area contributed by atoms with Gasteiger partial charge in [-0.25, -0.2) is 0 Å². The SMILES string of the molecule is CNC(C)C(c1ccncc1Cl)C(C)C. The molecule has 2 atom stereocenters. The van der Waals surface area contributed by atoms with Crippen molar-refractivity contribution in [2.75, 3.05) is 7.05 Å². The summed E-state index contributed by atoms with van der Waals surface area (Å²) in [4.78, 5) is 4.02. The van der Waals surface area contributed by atoms with Gasteiger partial charge in [-0.2, -0.15) is 0 Å². The van der Waals surface area contributed by atoms with E-state index < -0.39 is 0 Å². The number of rotatable bonds is 4. The van der Waals surface area contributed by atoms with Crippen LogP contribution in [-0.2, 0) is 0 Å². The lowest BCUT2D eigenvalue weighted by Crippen LogP contribution is -2.32. The number of aromatic nitrogens is 1. The van der Waals surface area contributed by atoms with Crippen LogP contribution < -0.4 is 5.32 Å². The first-order valence-electron chi connectivity index (χ1n) is 5.34. The summed E-state index contributed by atoms with van der Waals surface area (Å²) in [6, 6.07) is 2.42. The minimum atomic E-state index is 0.407. The van der Waals surface area contributed by atoms with Gasteiger partial charge in [-0.1, -0.05) is 25.4 Å². The second-order valence-electron chi connectivity index (χ2n) is 4.24. The molecule has 84 valence electrons. The van der Waals surface area contributed by atoms with E-state index in [0.29, 0.717) is 17.9 Å². The molecule has 0 aliphatic heterocycles. The lowest BCUT2D eigenvalue weighted by Gasteiger charge is -2.28. The summed E-state index contributed by atoms with van der Waals surface area (Å²) >= 11 is 6.17. The Morgan fingerprint density at radius 1 is 1.33 bits per heavy atom. The Hall–Kier alpha value is -0.600. The van der Waals surface area contributed by atoms with E-state index in [9.17, 15) is 0 Å². The van der Waals surface area contributed by atoms with Crippen LogP contribution in [0.15, 0.2) is 18.5 Å². The van der Waals surface area contributed by atoms with E-state index >= 15 is 0 Å². The monoisotopic (exact) mass is 226 g/mol. The van der Waals surface area contributed by atoms with Crippen LogP contribution in [0.3, 0.4) is 0 Å². The molecule has 1 rings (SSSR count). The van der Waals surface area contributed by atoms with Crippen LogP contribution in [-0.4, -0.2) is 18.1 Å². The Kier molecular flexibility index (Phi) is 4.55. The third-order valence-corrected chi connectivity index (χ3v) is 3.19. The molecule has 1 N–H and O–H groups in total. The van der Waals surface area contributed by atoms with Crippen molar-refractivity contribution in [3.63, 3.8) is 0 Å². The van der Waals surface area contributed by atoms with Gasteiger partial charge in [0.1, 0.15) is 0 Å². The first-order valence-corrected chi connectivity index (χ1v) is 5.72. The van der Waals surface area contributed by atoms with Gasteiger partial charge in [0, 0.05) is 24.4 Å². The van der Waals surface area contributed by atoms with Gasteiger partial charge in [0.25, 0.3) is 0 Å². The van der Waals surface area contributed by atoms with Crippen molar-refractivity contribution in [3.05, 3.63) is 29.0 Å². The fourth-order valence-electron chi connectivity index (χ4n) is 2.04. The maximum Gasteiger partial charge on any atom is 0.0624 e. The third-order valence-electron chi connectivity index (χ3n) is 2.88. The minimum Gasteiger partial charge on any atom is -0.317 e. The first kappa shape index (κ1) is 12.5. The largest absolute Gasteiger partial charge is 0.317 e. The molecule has 0 aliphatic carbocycles. The van der Waals surface area contributed by atoms with Gasteiger partial charge in [0.2, 0.25) is 0 Å². The van der Waals surface area contributed by atoms with Crippen LogP contribution >= 0.6 is 11.6 Å². The molecule has 1 aromatic heterocycles. The van der Waals surface area contributed by atoms with Crippen LogP contribution in [0.1, 0.15) is 32.3 Å². The van der Waals surface area contributed by atoms with Gasteiger partial charge in [-0.15, -0.1) is 0 Å². The molecule has 0 saturated heterocycles. The quantitative estimate of drug-likeness (QED) is 0.854. The Bertz CT molecular complexity index is 312. The number of halogens is 1. The summed E-state index contributed by atoms with van der Waals surface area (Å²) in [5.41, 5.74) is 1.18. The predicted molar refractivity (Wildman–Crippen MR) is 65.3 cm³/mol. The van der Waals surface area contributed by atoms with Gasteiger partial charge < -0.3 is 5.32 Å². The molecule has 2 nitrogen and oxygen atoms in total. The molecule has 1 aromatic rings. The number of hydrogen-bond donors (Lipinski definition) is 1. The molecule has 0 bridgehead atoms. The van der Waals surface area contributed by atoms with Crippen molar-refractivity contribution in [2.24, 2.45) is 5.92 Å². The minimum absolute atomic E-state index is 0.407. The van der Waals surface area contributed by atoms with E-state index in [4.69, 9.17) is 11.6 Å². The number of likely N-dealkylation sites (N-methyl/N-ethyl adjacent to an activating group) is 1. The lowest BCUT2D eigenvalue weighted by atomic mass is 9.83. The van der Waals surface area contributed by atoms with Crippen molar-refractivity contribution in [1.29, 1.82) is 0 Å². The summed E-state index contributed by atoms with van der Waals surface area (Å²) in [5, 5.41) is 4.06. The Balaban J connectivity index is 3.04. The maximum atomic E-state index is 6.17. The molecular formula is C12H19ClN2. The molecule has 3 heteroatoms. The van der Waals surface area contributed by atoms with E-state index in [2.05, 4.69) is 31.1 Å². The van der Waals surface area contributed by atoms with E-state index in [1.165, 1.54) is 5.56 Å². The van der Waals surface area contributed by atoms with Gasteiger partial charge in [-0.3, -0.25) is 4.98 Å². The van der Waals surface area contributed by atoms with E-state index in [1.807, 2.05) is 13.1 Å². The molecule has 0 aliphatic rings. The highest BCUT2D eigenvalue weighted by atomic mass is 35.5. The van der Waals surface area contributed by atoms with Gasteiger partial charge in [0.05, 0.1) is 5.02 Å². The Morgan fingerprint density at radius 2 is 2.00 bits per heavy atom. The van der Waals surface area contributed by atoms with Gasteiger partial charge in [-0.05, 0) is 31.5 Å². The molecule has 0 radical (unpaired) electrons. The highest BCUT2D eigenvalue weighted by molar-refractivity contribution is 6.31. The molecule has 2 unspecified atom stereocenters. The average molecular weight is 227 g/mol. The molecule has 0 amide bonds. The van der Waals surface area contributed by atoms with Crippen LogP contribution in [0.4, 0.5) is 0 Å². The average Bonchev–Trinajstić information content (AvgIpc) is 2.20. The predicted octanol–water partition coefficient (Wildman–Crippen LogP) is 3.08. The van der Waals surface area contributed by atoms with Crippen molar-refractivity contribution >= 4 is 11.6 Å². The zero-order valence-electron chi connectivity index (χ0n) is 9.79. The lowest BCUT2D eigenvalue weighted by molar-refractivity contribution is 0.395. The summed E-state index contributed by atoms with van der Waals surface area (Å²) in [5.74, 6) is 0.970. The zero-order chi connectivity index (χ0) is 11.4. The zero-order valence-corrected chi connectivity index (χ0v) is 10.5. The summed E-state index contributed by atoms with van der Waals surface area (Å²) in [7, 11) is 1.98. The highest BCUT2D eigenvalue weighted by Gasteiger charge is 2.23. The van der Waals surface area contributed by atoms with Crippen molar-refractivity contribution in [2.45, 2.75) is 32.7 Å². The number of hydrogen-bond acceptors (Lipinski definition) is 2. The molecule has 15 heavy (non-hydrogen) atoms. The van der Waals surface area contributed by atoms with Crippen LogP contribution in [0, 0.1) is 5.92 Å². The normalized spacial score (nSPS) is 15.3. The second-order valence-corrected chi connectivity index (χ2v) is 4.65. The third kappa shape index (κ3) is 2.93. The maximum absolute atomic E-state index is 6.17. The topological polar surface area (TPSA) is 24.9 Å². The second kappa shape index (κ2) is 5.47. The summed E-state index contributed by atoms with van der Waals surface area (Å²) < 4.78 is 0. The van der Waals surface area contributed by atoms with E-state index in [0.717, 1.165) is 5.02 Å². The van der Waals surface area contributed by atoms with Crippen LogP contribution in [0.5, 0.6) is 0 Å². The van der Waals surface area contributed by atoms with Gasteiger partial charge >= 0.3 is 0 Å². The molecule has 0 spiro atoms. The van der Waals surface area contributed by atoms with Crippen molar-refractivity contribution < 1.29 is 0 Å². The van der Waals surface area contributed by atoms with E-state index in [1.54, 1.807) is 12.4 Å². The van der Waals surface area contributed by atoms with Crippen LogP contribution in [0.25, 0.3) is 0 Å². The highest BCUT2D eigenvalue weighted by Crippen LogP contribution is 2.32. The summed E-state index contributed by atoms with van der Waals surface area (Å²) in [6.07, 6.45) is 3.52. The molecular weight excluding hydrogens is 208 g/mol. The smallest absolute Gasteiger partial charge is 0.0624 e.